The molecule has 2 unspecified atom stereocenters. The standard InChI is InChI=1S/C15H24N4/c1-3-7-12-10-14(12)19-15(16-4-2)18-11-13-8-5-6-9-17-13/h5-6,8-9,12,14H,3-4,7,10-11H2,1-2H3,(H2,16,18,19). The molecule has 4 heteroatoms. The van der Waals surface area contributed by atoms with Crippen molar-refractivity contribution in [3.05, 3.63) is 30.1 Å². The summed E-state index contributed by atoms with van der Waals surface area (Å²) >= 11 is 0. The van der Waals surface area contributed by atoms with Crippen molar-refractivity contribution < 1.29 is 0 Å². The first-order valence-electron chi connectivity index (χ1n) is 7.28. The van der Waals surface area contributed by atoms with Gasteiger partial charge in [0.2, 0.25) is 0 Å². The van der Waals surface area contributed by atoms with E-state index in [2.05, 4.69) is 34.5 Å². The van der Waals surface area contributed by atoms with Gasteiger partial charge in [0, 0.05) is 18.8 Å². The summed E-state index contributed by atoms with van der Waals surface area (Å²) in [4.78, 5) is 8.88. The van der Waals surface area contributed by atoms with Crippen molar-refractivity contribution in [2.75, 3.05) is 6.54 Å². The highest BCUT2D eigenvalue weighted by molar-refractivity contribution is 5.80. The Kier molecular flexibility index (Phi) is 5.19. The number of guanidine groups is 1. The normalized spacial score (nSPS) is 22.1. The highest BCUT2D eigenvalue weighted by Gasteiger charge is 2.36. The maximum atomic E-state index is 4.59. The molecule has 1 aliphatic rings. The van der Waals surface area contributed by atoms with Crippen LogP contribution in [0.2, 0.25) is 0 Å². The fraction of sp³-hybridized carbons (Fsp3) is 0.600. The number of pyridine rings is 1. The molecule has 2 rings (SSSR count). The van der Waals surface area contributed by atoms with Crippen LogP contribution in [0.15, 0.2) is 29.4 Å². The zero-order chi connectivity index (χ0) is 13.5. The Morgan fingerprint density at radius 1 is 1.42 bits per heavy atom. The quantitative estimate of drug-likeness (QED) is 0.609. The summed E-state index contributed by atoms with van der Waals surface area (Å²) in [5.74, 6) is 1.75. The summed E-state index contributed by atoms with van der Waals surface area (Å²) in [5, 5.41) is 6.81. The van der Waals surface area contributed by atoms with E-state index in [1.54, 1.807) is 0 Å². The van der Waals surface area contributed by atoms with E-state index in [0.29, 0.717) is 12.6 Å². The van der Waals surface area contributed by atoms with Crippen LogP contribution in [-0.2, 0) is 6.54 Å². The predicted molar refractivity (Wildman–Crippen MR) is 79.0 cm³/mol. The second-order valence-electron chi connectivity index (χ2n) is 5.05. The molecule has 0 amide bonds. The molecule has 1 aromatic rings. The maximum absolute atomic E-state index is 4.59. The van der Waals surface area contributed by atoms with Crippen molar-refractivity contribution in [3.63, 3.8) is 0 Å². The average Bonchev–Trinajstić information content (AvgIpc) is 3.16. The van der Waals surface area contributed by atoms with Crippen LogP contribution in [-0.4, -0.2) is 23.5 Å². The van der Waals surface area contributed by atoms with Gasteiger partial charge in [-0.25, -0.2) is 4.99 Å². The summed E-state index contributed by atoms with van der Waals surface area (Å²) in [6.07, 6.45) is 5.67. The summed E-state index contributed by atoms with van der Waals surface area (Å²) in [5.41, 5.74) is 1.00. The molecule has 0 bridgehead atoms. The average molecular weight is 260 g/mol. The van der Waals surface area contributed by atoms with Crippen LogP contribution >= 0.6 is 0 Å². The van der Waals surface area contributed by atoms with Gasteiger partial charge in [-0.3, -0.25) is 4.98 Å². The van der Waals surface area contributed by atoms with Gasteiger partial charge in [0.25, 0.3) is 0 Å². The SMILES string of the molecule is CCCC1CC1NC(=NCc1ccccn1)NCC. The lowest BCUT2D eigenvalue weighted by Gasteiger charge is -2.11. The zero-order valence-corrected chi connectivity index (χ0v) is 11.9. The van der Waals surface area contributed by atoms with Crippen molar-refractivity contribution in [3.8, 4) is 0 Å². The molecule has 19 heavy (non-hydrogen) atoms. The fourth-order valence-corrected chi connectivity index (χ4v) is 2.26. The van der Waals surface area contributed by atoms with Gasteiger partial charge in [-0.2, -0.15) is 0 Å². The lowest BCUT2D eigenvalue weighted by Crippen LogP contribution is -2.39. The zero-order valence-electron chi connectivity index (χ0n) is 11.9. The highest BCUT2D eigenvalue weighted by atomic mass is 15.2. The molecule has 1 fully saturated rings. The van der Waals surface area contributed by atoms with Gasteiger partial charge >= 0.3 is 0 Å². The third kappa shape index (κ3) is 4.54. The largest absolute Gasteiger partial charge is 0.357 e. The summed E-state index contributed by atoms with van der Waals surface area (Å²) in [6.45, 7) is 5.85. The van der Waals surface area contributed by atoms with Gasteiger partial charge in [-0.1, -0.05) is 19.4 Å². The lowest BCUT2D eigenvalue weighted by atomic mass is 10.2. The van der Waals surface area contributed by atoms with Gasteiger partial charge in [0.1, 0.15) is 0 Å². The van der Waals surface area contributed by atoms with E-state index in [1.807, 2.05) is 24.4 Å². The van der Waals surface area contributed by atoms with Crippen LogP contribution in [0.3, 0.4) is 0 Å². The fourth-order valence-electron chi connectivity index (χ4n) is 2.26. The summed E-state index contributed by atoms with van der Waals surface area (Å²) in [6, 6.07) is 6.54. The first kappa shape index (κ1) is 13.8. The molecule has 1 heterocycles. The Bertz CT molecular complexity index is 402. The maximum Gasteiger partial charge on any atom is 0.191 e. The van der Waals surface area contributed by atoms with E-state index >= 15 is 0 Å². The molecule has 1 saturated carbocycles. The molecule has 2 atom stereocenters. The minimum atomic E-state index is 0.612. The molecule has 4 nitrogen and oxygen atoms in total. The van der Waals surface area contributed by atoms with E-state index < -0.39 is 0 Å². The van der Waals surface area contributed by atoms with Gasteiger partial charge in [0.15, 0.2) is 5.96 Å². The number of nitrogens with one attached hydrogen (secondary N) is 2. The van der Waals surface area contributed by atoms with Crippen LogP contribution in [0.25, 0.3) is 0 Å². The van der Waals surface area contributed by atoms with E-state index in [0.717, 1.165) is 24.1 Å². The molecular weight excluding hydrogens is 236 g/mol. The van der Waals surface area contributed by atoms with Crippen molar-refractivity contribution in [2.24, 2.45) is 10.9 Å². The Morgan fingerprint density at radius 3 is 3.00 bits per heavy atom. The lowest BCUT2D eigenvalue weighted by molar-refractivity contribution is 0.655. The second kappa shape index (κ2) is 7.12. The van der Waals surface area contributed by atoms with Crippen molar-refractivity contribution >= 4 is 5.96 Å². The van der Waals surface area contributed by atoms with Gasteiger partial charge in [0.05, 0.1) is 12.2 Å². The van der Waals surface area contributed by atoms with Crippen LogP contribution in [0, 0.1) is 5.92 Å². The van der Waals surface area contributed by atoms with Gasteiger partial charge in [-0.05, 0) is 37.8 Å². The van der Waals surface area contributed by atoms with Crippen LogP contribution < -0.4 is 10.6 Å². The molecule has 0 radical (unpaired) electrons. The minimum Gasteiger partial charge on any atom is -0.357 e. The summed E-state index contributed by atoms with van der Waals surface area (Å²) < 4.78 is 0. The van der Waals surface area contributed by atoms with Crippen LogP contribution in [0.5, 0.6) is 0 Å². The number of aromatic nitrogens is 1. The highest BCUT2D eigenvalue weighted by Crippen LogP contribution is 2.34. The van der Waals surface area contributed by atoms with Crippen molar-refractivity contribution in [1.82, 2.24) is 15.6 Å². The molecule has 0 aromatic carbocycles. The molecule has 0 saturated heterocycles. The Hall–Kier alpha value is -1.58. The third-order valence-electron chi connectivity index (χ3n) is 3.37. The van der Waals surface area contributed by atoms with Gasteiger partial charge in [-0.15, -0.1) is 0 Å². The molecule has 0 spiro atoms. The second-order valence-corrected chi connectivity index (χ2v) is 5.05. The van der Waals surface area contributed by atoms with E-state index in [9.17, 15) is 0 Å². The van der Waals surface area contributed by atoms with Crippen molar-refractivity contribution in [2.45, 2.75) is 45.7 Å². The monoisotopic (exact) mass is 260 g/mol. The minimum absolute atomic E-state index is 0.612. The topological polar surface area (TPSA) is 49.3 Å². The molecular formula is C15H24N4. The van der Waals surface area contributed by atoms with Crippen LogP contribution in [0.4, 0.5) is 0 Å². The number of nitrogens with zero attached hydrogens (tertiary/aromatic N) is 2. The predicted octanol–water partition coefficient (Wildman–Crippen LogP) is 2.33. The molecule has 0 aliphatic heterocycles. The Balaban J connectivity index is 1.85. The molecule has 2 N–H and O–H groups in total. The third-order valence-corrected chi connectivity index (χ3v) is 3.37. The van der Waals surface area contributed by atoms with E-state index in [-0.39, 0.29) is 0 Å². The first-order chi connectivity index (χ1) is 9.33. The number of hydrogen-bond acceptors (Lipinski definition) is 2. The molecule has 1 aromatic heterocycles. The van der Waals surface area contributed by atoms with Crippen LogP contribution in [0.1, 0.15) is 38.8 Å². The number of aliphatic imine (C=N–C) groups is 1. The number of rotatable bonds is 6. The smallest absolute Gasteiger partial charge is 0.191 e. The van der Waals surface area contributed by atoms with E-state index in [4.69, 9.17) is 0 Å². The Labute approximate surface area is 115 Å². The van der Waals surface area contributed by atoms with Crippen molar-refractivity contribution in [1.29, 1.82) is 0 Å². The van der Waals surface area contributed by atoms with Gasteiger partial charge < -0.3 is 10.6 Å². The Morgan fingerprint density at radius 2 is 2.32 bits per heavy atom. The van der Waals surface area contributed by atoms with E-state index in [1.165, 1.54) is 19.3 Å². The molecule has 104 valence electrons. The number of hydrogen-bond donors (Lipinski definition) is 2. The first-order valence-corrected chi connectivity index (χ1v) is 7.28. The summed E-state index contributed by atoms with van der Waals surface area (Å²) in [7, 11) is 0. The molecule has 1 aliphatic carbocycles.